The molecule has 2 fully saturated rings. The number of aromatic nitrogens is 4. The SMILES string of the molecule is CC(C)N(C[C@H]1OC(n2cnc3c(N)ncnc32)=C2OC(C)(C)O[C@@H]21)[C@H]1C[C@@H](CCC(=O)O)C1. The lowest BCUT2D eigenvalue weighted by molar-refractivity contribution is -0.155. The van der Waals surface area contributed by atoms with E-state index in [1.807, 2.05) is 13.8 Å². The highest BCUT2D eigenvalue weighted by Crippen LogP contribution is 2.44. The number of hydrogen-bond acceptors (Lipinski definition) is 9. The number of hydrogen-bond donors (Lipinski definition) is 2. The predicted molar refractivity (Wildman–Crippen MR) is 123 cm³/mol. The molecule has 184 valence electrons. The van der Waals surface area contributed by atoms with Gasteiger partial charge in [-0.15, -0.1) is 0 Å². The van der Waals surface area contributed by atoms with Crippen LogP contribution in [0.2, 0.25) is 0 Å². The fraction of sp³-hybridized carbons (Fsp3) is 0.652. The number of imidazole rings is 1. The van der Waals surface area contributed by atoms with Crippen molar-refractivity contribution in [3.63, 3.8) is 0 Å². The van der Waals surface area contributed by atoms with E-state index in [0.717, 1.165) is 19.3 Å². The van der Waals surface area contributed by atoms with Gasteiger partial charge in [0.2, 0.25) is 11.7 Å². The van der Waals surface area contributed by atoms with Gasteiger partial charge in [0.05, 0.1) is 0 Å². The van der Waals surface area contributed by atoms with Gasteiger partial charge in [0.15, 0.2) is 28.8 Å². The van der Waals surface area contributed by atoms with Crippen LogP contribution >= 0.6 is 0 Å². The first kappa shape index (κ1) is 22.9. The number of nitrogen functional groups attached to an aromatic ring is 1. The lowest BCUT2D eigenvalue weighted by atomic mass is 9.76. The number of aliphatic carboxylic acids is 1. The van der Waals surface area contributed by atoms with Gasteiger partial charge in [-0.3, -0.25) is 9.69 Å². The van der Waals surface area contributed by atoms with Gasteiger partial charge in [-0.2, -0.15) is 0 Å². The van der Waals surface area contributed by atoms with Crippen LogP contribution in [0.5, 0.6) is 0 Å². The third-order valence-electron chi connectivity index (χ3n) is 6.92. The number of carboxylic acids is 1. The largest absolute Gasteiger partial charge is 0.481 e. The molecule has 1 saturated heterocycles. The maximum absolute atomic E-state index is 10.9. The molecule has 0 bridgehead atoms. The van der Waals surface area contributed by atoms with Crippen LogP contribution in [0.3, 0.4) is 0 Å². The highest BCUT2D eigenvalue weighted by Gasteiger charge is 2.52. The number of ether oxygens (including phenoxy) is 3. The molecular weight excluding hydrogens is 440 g/mol. The number of carboxylic acid groups (broad SMARTS) is 1. The Bertz CT molecular complexity index is 1120. The average molecular weight is 473 g/mol. The molecule has 2 aromatic rings. The molecule has 2 atom stereocenters. The van der Waals surface area contributed by atoms with Crippen molar-refractivity contribution in [2.75, 3.05) is 12.3 Å². The summed E-state index contributed by atoms with van der Waals surface area (Å²) in [5.74, 6) is 0.399. The highest BCUT2D eigenvalue weighted by atomic mass is 16.8. The molecule has 3 aliphatic rings. The van der Waals surface area contributed by atoms with E-state index >= 15 is 0 Å². The predicted octanol–water partition coefficient (Wildman–Crippen LogP) is 2.44. The van der Waals surface area contributed by atoms with E-state index in [9.17, 15) is 4.79 Å². The van der Waals surface area contributed by atoms with Crippen molar-refractivity contribution < 1.29 is 24.1 Å². The summed E-state index contributed by atoms with van der Waals surface area (Å²) in [6.45, 7) is 8.78. The summed E-state index contributed by atoms with van der Waals surface area (Å²) in [5.41, 5.74) is 7.02. The summed E-state index contributed by atoms with van der Waals surface area (Å²) in [6, 6.07) is 0.699. The molecule has 0 radical (unpaired) electrons. The van der Waals surface area contributed by atoms with Crippen molar-refractivity contribution in [3.05, 3.63) is 18.4 Å². The number of nitrogens with two attached hydrogens (primary N) is 1. The van der Waals surface area contributed by atoms with Gasteiger partial charge in [0, 0.05) is 38.9 Å². The summed E-state index contributed by atoms with van der Waals surface area (Å²) < 4.78 is 20.6. The zero-order valence-corrected chi connectivity index (χ0v) is 20.0. The van der Waals surface area contributed by atoms with E-state index in [4.69, 9.17) is 25.1 Å². The molecule has 2 aromatic heterocycles. The van der Waals surface area contributed by atoms with E-state index in [1.54, 1.807) is 10.9 Å². The summed E-state index contributed by atoms with van der Waals surface area (Å²) in [5, 5.41) is 8.97. The fourth-order valence-electron chi connectivity index (χ4n) is 5.21. The minimum Gasteiger partial charge on any atom is -0.481 e. The topological polar surface area (TPSA) is 138 Å². The molecule has 0 unspecified atom stereocenters. The van der Waals surface area contributed by atoms with E-state index in [2.05, 4.69) is 33.7 Å². The molecule has 3 N–H and O–H groups in total. The lowest BCUT2D eigenvalue weighted by Crippen LogP contribution is -2.52. The Morgan fingerprint density at radius 3 is 2.79 bits per heavy atom. The normalized spacial score (nSPS) is 27.7. The number of fused-ring (bicyclic) bond motifs is 2. The smallest absolute Gasteiger partial charge is 0.303 e. The van der Waals surface area contributed by atoms with E-state index < -0.39 is 11.8 Å². The summed E-state index contributed by atoms with van der Waals surface area (Å²) in [4.78, 5) is 26.1. The van der Waals surface area contributed by atoms with Gasteiger partial charge >= 0.3 is 5.97 Å². The van der Waals surface area contributed by atoms with E-state index in [-0.39, 0.29) is 18.6 Å². The Morgan fingerprint density at radius 1 is 1.32 bits per heavy atom. The van der Waals surface area contributed by atoms with Gasteiger partial charge in [-0.25, -0.2) is 19.5 Å². The fourth-order valence-corrected chi connectivity index (χ4v) is 5.21. The molecule has 34 heavy (non-hydrogen) atoms. The summed E-state index contributed by atoms with van der Waals surface area (Å²) >= 11 is 0. The second-order valence-electron chi connectivity index (χ2n) is 10.1. The molecule has 11 heteroatoms. The molecule has 1 aliphatic carbocycles. The van der Waals surface area contributed by atoms with Gasteiger partial charge in [-0.1, -0.05) is 0 Å². The summed E-state index contributed by atoms with van der Waals surface area (Å²) in [7, 11) is 0. The van der Waals surface area contributed by atoms with Crippen molar-refractivity contribution in [1.82, 2.24) is 24.4 Å². The number of rotatable bonds is 8. The first-order valence-corrected chi connectivity index (χ1v) is 11.8. The molecule has 1 saturated carbocycles. The van der Waals surface area contributed by atoms with Gasteiger partial charge in [-0.05, 0) is 39.0 Å². The van der Waals surface area contributed by atoms with Crippen molar-refractivity contribution in [2.45, 2.75) is 83.5 Å². The Hall–Kier alpha value is -2.92. The zero-order chi connectivity index (χ0) is 24.2. The number of carbonyl (C=O) groups is 1. The first-order chi connectivity index (χ1) is 16.1. The monoisotopic (exact) mass is 472 g/mol. The molecule has 5 rings (SSSR count). The maximum Gasteiger partial charge on any atom is 0.303 e. The number of anilines is 1. The van der Waals surface area contributed by atoms with Crippen LogP contribution in [0.1, 0.15) is 53.4 Å². The second kappa shape index (κ2) is 8.38. The van der Waals surface area contributed by atoms with Crippen LogP contribution in [-0.2, 0) is 19.0 Å². The minimum absolute atomic E-state index is 0.233. The van der Waals surface area contributed by atoms with Crippen LogP contribution in [-0.4, -0.2) is 72.1 Å². The van der Waals surface area contributed by atoms with Crippen molar-refractivity contribution >= 4 is 28.8 Å². The highest BCUT2D eigenvalue weighted by molar-refractivity contribution is 5.83. The third kappa shape index (κ3) is 4.07. The quantitative estimate of drug-likeness (QED) is 0.589. The van der Waals surface area contributed by atoms with Crippen molar-refractivity contribution in [2.24, 2.45) is 5.92 Å². The second-order valence-corrected chi connectivity index (χ2v) is 10.1. The molecule has 0 amide bonds. The van der Waals surface area contributed by atoms with Gasteiger partial charge in [0.25, 0.3) is 0 Å². The minimum atomic E-state index is -0.779. The Morgan fingerprint density at radius 2 is 2.09 bits per heavy atom. The Labute approximate surface area is 197 Å². The van der Waals surface area contributed by atoms with Crippen molar-refractivity contribution in [1.29, 1.82) is 0 Å². The lowest BCUT2D eigenvalue weighted by Gasteiger charge is -2.46. The zero-order valence-electron chi connectivity index (χ0n) is 20.0. The number of nitrogens with zero attached hydrogens (tertiary/aromatic N) is 5. The van der Waals surface area contributed by atoms with Crippen LogP contribution in [0.15, 0.2) is 18.4 Å². The molecule has 4 heterocycles. The molecule has 11 nitrogen and oxygen atoms in total. The van der Waals surface area contributed by atoms with Gasteiger partial charge in [0.1, 0.15) is 18.8 Å². The standard InChI is InChI=1S/C23H32N6O5/c1-12(2)28(14-7-13(8-14)5-6-16(30)31)9-15-18-19(34-23(3,4)33-18)22(32-15)29-11-27-17-20(24)25-10-26-21(17)29/h10-15,18H,5-9H2,1-4H3,(H,30,31)(H2,24,25,26)/t13-,14+,15-,18-/m1/s1. The van der Waals surface area contributed by atoms with Crippen molar-refractivity contribution in [3.8, 4) is 0 Å². The van der Waals surface area contributed by atoms with Crippen LogP contribution < -0.4 is 5.73 Å². The first-order valence-electron chi connectivity index (χ1n) is 11.8. The van der Waals surface area contributed by atoms with E-state index in [1.165, 1.54) is 6.33 Å². The van der Waals surface area contributed by atoms with E-state index in [0.29, 0.717) is 53.2 Å². The van der Waals surface area contributed by atoms with Gasteiger partial charge < -0.3 is 25.1 Å². The Kier molecular flexibility index (Phi) is 5.64. The molecule has 0 spiro atoms. The Balaban J connectivity index is 1.36. The average Bonchev–Trinajstić information content (AvgIpc) is 3.37. The van der Waals surface area contributed by atoms with Crippen LogP contribution in [0.4, 0.5) is 5.82 Å². The molecular formula is C23H32N6O5. The summed E-state index contributed by atoms with van der Waals surface area (Å²) in [6.07, 6.45) is 5.36. The molecule has 2 aliphatic heterocycles. The molecule has 0 aromatic carbocycles. The van der Waals surface area contributed by atoms with Crippen LogP contribution in [0, 0.1) is 5.92 Å². The maximum atomic E-state index is 10.9. The van der Waals surface area contributed by atoms with Crippen LogP contribution in [0.25, 0.3) is 17.0 Å². The third-order valence-corrected chi connectivity index (χ3v) is 6.92.